The smallest absolute Gasteiger partial charge is 0.253 e. The summed E-state index contributed by atoms with van der Waals surface area (Å²) < 4.78 is 34.9. The van der Waals surface area contributed by atoms with Gasteiger partial charge in [0, 0.05) is 85.0 Å². The molecule has 1 saturated heterocycles. The highest BCUT2D eigenvalue weighted by Crippen LogP contribution is 2.38. The van der Waals surface area contributed by atoms with Gasteiger partial charge in [0.15, 0.2) is 0 Å². The van der Waals surface area contributed by atoms with Crippen molar-refractivity contribution in [3.8, 4) is 16.9 Å². The molecule has 2 aliphatic rings. The Morgan fingerprint density at radius 2 is 1.74 bits per heavy atom. The molecule has 0 unspecified atom stereocenters. The van der Waals surface area contributed by atoms with Gasteiger partial charge in [-0.1, -0.05) is 19.8 Å². The van der Waals surface area contributed by atoms with Gasteiger partial charge in [-0.2, -0.15) is 4.31 Å². The van der Waals surface area contributed by atoms with Crippen molar-refractivity contribution in [1.29, 1.82) is 0 Å². The molecule has 0 atom stereocenters. The van der Waals surface area contributed by atoms with E-state index in [0.717, 1.165) is 49.2 Å². The van der Waals surface area contributed by atoms with Crippen molar-refractivity contribution in [2.45, 2.75) is 77.4 Å². The second-order valence-electron chi connectivity index (χ2n) is 12.4. The third-order valence-electron chi connectivity index (χ3n) is 9.31. The Morgan fingerprint density at radius 3 is 2.38 bits per heavy atom. The van der Waals surface area contributed by atoms with E-state index in [1.165, 1.54) is 4.31 Å². The van der Waals surface area contributed by atoms with Crippen LogP contribution in [0.3, 0.4) is 0 Å². The van der Waals surface area contributed by atoms with Crippen LogP contribution in [0, 0.1) is 13.8 Å². The van der Waals surface area contributed by atoms with Crippen molar-refractivity contribution in [1.82, 2.24) is 19.5 Å². The van der Waals surface area contributed by atoms with E-state index in [2.05, 4.69) is 27.4 Å². The predicted molar refractivity (Wildman–Crippen MR) is 185 cm³/mol. The van der Waals surface area contributed by atoms with Crippen molar-refractivity contribution >= 4 is 21.6 Å². The Labute approximate surface area is 277 Å². The van der Waals surface area contributed by atoms with Crippen LogP contribution in [0.2, 0.25) is 0 Å². The zero-order valence-corrected chi connectivity index (χ0v) is 28.8. The summed E-state index contributed by atoms with van der Waals surface area (Å²) in [4.78, 5) is 31.7. The lowest BCUT2D eigenvalue weighted by atomic mass is 9.95. The monoisotopic (exact) mass is 664 g/mol. The molecule has 5 N–H and O–H groups in total. The summed E-state index contributed by atoms with van der Waals surface area (Å²) in [7, 11) is -3.73. The standard InChI is InChI=1S/C35H48N6O5S/c1-5-40-13-15-41(16-14-40)47(44,45)27-11-12-28(33(20-27)46-6-2)25-18-29(30(21-36)32(19-25)39-26-9-7-8-10-26)34(42)37-22-31-23(3)17-24(4)38-35(31)43/h11-12,17-20,26,39H,5-10,13-16,21-22,36H2,1-4H3,(H,37,42)(H,38,43). The van der Waals surface area contributed by atoms with Crippen molar-refractivity contribution in [2.24, 2.45) is 5.73 Å². The maximum Gasteiger partial charge on any atom is 0.253 e. The largest absolute Gasteiger partial charge is 0.493 e. The first kappa shape index (κ1) is 34.6. The molecule has 1 aliphatic carbocycles. The van der Waals surface area contributed by atoms with E-state index in [1.54, 1.807) is 24.3 Å². The number of carbonyl (C=O) groups is 1. The molecule has 47 heavy (non-hydrogen) atoms. The number of hydrogen-bond donors (Lipinski definition) is 4. The summed E-state index contributed by atoms with van der Waals surface area (Å²) in [5, 5.41) is 6.58. The quantitative estimate of drug-likeness (QED) is 0.226. The van der Waals surface area contributed by atoms with Crippen LogP contribution in [0.4, 0.5) is 5.69 Å². The molecule has 1 aliphatic heterocycles. The van der Waals surface area contributed by atoms with Crippen LogP contribution >= 0.6 is 0 Å². The number of aromatic nitrogens is 1. The Balaban J connectivity index is 1.53. The van der Waals surface area contributed by atoms with Crippen molar-refractivity contribution in [2.75, 3.05) is 44.6 Å². The number of carbonyl (C=O) groups excluding carboxylic acids is 1. The van der Waals surface area contributed by atoms with E-state index in [-0.39, 0.29) is 35.5 Å². The Kier molecular flexibility index (Phi) is 11.1. The lowest BCUT2D eigenvalue weighted by molar-refractivity contribution is 0.0950. The van der Waals surface area contributed by atoms with Gasteiger partial charge in [-0.15, -0.1) is 0 Å². The van der Waals surface area contributed by atoms with E-state index >= 15 is 0 Å². The first-order valence-electron chi connectivity index (χ1n) is 16.7. The Bertz CT molecular complexity index is 1760. The fraction of sp³-hybridized carbons (Fsp3) is 0.486. The second kappa shape index (κ2) is 15.0. The summed E-state index contributed by atoms with van der Waals surface area (Å²) in [5.41, 5.74) is 11.3. The van der Waals surface area contributed by atoms with Gasteiger partial charge >= 0.3 is 0 Å². The summed E-state index contributed by atoms with van der Waals surface area (Å²) in [6, 6.07) is 10.9. The molecule has 1 aromatic heterocycles. The Morgan fingerprint density at radius 1 is 1.02 bits per heavy atom. The predicted octanol–water partition coefficient (Wildman–Crippen LogP) is 4.13. The summed E-state index contributed by atoms with van der Waals surface area (Å²) in [6.07, 6.45) is 4.30. The van der Waals surface area contributed by atoms with Crippen LogP contribution in [-0.4, -0.2) is 73.9 Å². The minimum absolute atomic E-state index is 0.0587. The van der Waals surface area contributed by atoms with E-state index < -0.39 is 10.0 Å². The molecule has 2 fully saturated rings. The number of likely N-dealkylation sites (N-methyl/N-ethyl adjacent to an activating group) is 1. The van der Waals surface area contributed by atoms with Gasteiger partial charge < -0.3 is 31.0 Å². The number of hydrogen-bond acceptors (Lipinski definition) is 8. The molecular formula is C35H48N6O5S. The molecule has 1 saturated carbocycles. The zero-order chi connectivity index (χ0) is 33.7. The molecule has 12 heteroatoms. The number of H-pyrrole nitrogens is 1. The molecule has 11 nitrogen and oxygen atoms in total. The first-order chi connectivity index (χ1) is 22.5. The lowest BCUT2D eigenvalue weighted by Crippen LogP contribution is -2.48. The number of benzene rings is 2. The normalized spacial score (nSPS) is 16.4. The minimum Gasteiger partial charge on any atom is -0.493 e. The van der Waals surface area contributed by atoms with Gasteiger partial charge in [0.25, 0.3) is 11.5 Å². The first-order valence-corrected chi connectivity index (χ1v) is 18.1. The molecule has 0 radical (unpaired) electrons. The van der Waals surface area contributed by atoms with E-state index in [9.17, 15) is 18.0 Å². The van der Waals surface area contributed by atoms with Gasteiger partial charge in [-0.25, -0.2) is 8.42 Å². The highest BCUT2D eigenvalue weighted by molar-refractivity contribution is 7.89. The number of sulfonamides is 1. The zero-order valence-electron chi connectivity index (χ0n) is 27.9. The molecule has 2 aromatic carbocycles. The van der Waals surface area contributed by atoms with Crippen molar-refractivity contribution in [3.63, 3.8) is 0 Å². The second-order valence-corrected chi connectivity index (χ2v) is 14.4. The number of anilines is 1. The summed E-state index contributed by atoms with van der Waals surface area (Å²) in [6.45, 7) is 11.3. The van der Waals surface area contributed by atoms with E-state index in [0.29, 0.717) is 66.4 Å². The summed E-state index contributed by atoms with van der Waals surface area (Å²) >= 11 is 0. The molecule has 0 spiro atoms. The fourth-order valence-corrected chi connectivity index (χ4v) is 8.08. The summed E-state index contributed by atoms with van der Waals surface area (Å²) in [5.74, 6) is 0.0609. The number of pyridine rings is 1. The molecule has 3 aromatic rings. The maximum atomic E-state index is 13.9. The topological polar surface area (TPSA) is 150 Å². The van der Waals surface area contributed by atoms with Crippen LogP contribution in [0.5, 0.6) is 5.75 Å². The van der Waals surface area contributed by atoms with Gasteiger partial charge in [0.2, 0.25) is 10.0 Å². The molecule has 2 heterocycles. The van der Waals surface area contributed by atoms with E-state index in [4.69, 9.17) is 10.5 Å². The number of aromatic amines is 1. The average Bonchev–Trinajstić information content (AvgIpc) is 3.57. The highest BCUT2D eigenvalue weighted by atomic mass is 32.2. The van der Waals surface area contributed by atoms with Gasteiger partial charge in [0.05, 0.1) is 11.5 Å². The van der Waals surface area contributed by atoms with Gasteiger partial charge in [-0.05, 0) is 81.6 Å². The third-order valence-corrected chi connectivity index (χ3v) is 11.2. The number of nitrogens with one attached hydrogen (secondary N) is 3. The van der Waals surface area contributed by atoms with Crippen LogP contribution in [0.1, 0.15) is 72.3 Å². The maximum absolute atomic E-state index is 13.9. The van der Waals surface area contributed by atoms with Gasteiger partial charge in [0.1, 0.15) is 5.75 Å². The van der Waals surface area contributed by atoms with Crippen LogP contribution < -0.4 is 26.7 Å². The number of aryl methyl sites for hydroxylation is 2. The molecule has 1 amide bonds. The lowest BCUT2D eigenvalue weighted by Gasteiger charge is -2.33. The number of piperazine rings is 1. The number of nitrogens with two attached hydrogens (primary N) is 1. The SMILES string of the molecule is CCOc1cc(S(=O)(=O)N2CCN(CC)CC2)ccc1-c1cc(NC2CCCC2)c(CN)c(C(=O)NCc2c(C)cc(C)[nH]c2=O)c1. The van der Waals surface area contributed by atoms with Crippen molar-refractivity contribution < 1.29 is 17.9 Å². The van der Waals surface area contributed by atoms with Crippen LogP contribution in [0.15, 0.2) is 46.1 Å². The van der Waals surface area contributed by atoms with Gasteiger partial charge in [-0.3, -0.25) is 9.59 Å². The van der Waals surface area contributed by atoms with E-state index in [1.807, 2.05) is 32.9 Å². The molecular weight excluding hydrogens is 616 g/mol. The molecule has 0 bridgehead atoms. The number of rotatable bonds is 12. The number of nitrogens with zero attached hydrogens (tertiary/aromatic N) is 2. The number of amides is 1. The Hall–Kier alpha value is -3.71. The molecule has 254 valence electrons. The fourth-order valence-electron chi connectivity index (χ4n) is 6.65. The average molecular weight is 665 g/mol. The van der Waals surface area contributed by atoms with Crippen LogP contribution in [0.25, 0.3) is 11.1 Å². The minimum atomic E-state index is -3.73. The molecule has 5 rings (SSSR count). The number of ether oxygens (including phenoxy) is 1. The third kappa shape index (κ3) is 7.72. The van der Waals surface area contributed by atoms with Crippen molar-refractivity contribution in [3.05, 3.63) is 74.7 Å². The van der Waals surface area contributed by atoms with Crippen LogP contribution in [-0.2, 0) is 23.1 Å². The highest BCUT2D eigenvalue weighted by Gasteiger charge is 2.29.